The molecule has 1 saturated carbocycles. The lowest BCUT2D eigenvalue weighted by Crippen LogP contribution is -2.67. The molecule has 2 aliphatic rings. The lowest BCUT2D eigenvalue weighted by molar-refractivity contribution is -0.177. The standard InChI is InChI=1S/C18H27NO/c1-5-13-9-6-8-12(2)15(13)19-16-14-10-7-11-20-17(14)18(16,3)4/h6,8-9,14,16-17,19H,5,7,10-11H2,1-4H3. The maximum absolute atomic E-state index is 6.01. The van der Waals surface area contributed by atoms with Crippen molar-refractivity contribution in [1.29, 1.82) is 0 Å². The highest BCUT2D eigenvalue weighted by Gasteiger charge is 2.58. The molecule has 0 aromatic heterocycles. The van der Waals surface area contributed by atoms with Crippen LogP contribution in [-0.4, -0.2) is 18.8 Å². The van der Waals surface area contributed by atoms with E-state index in [0.29, 0.717) is 18.1 Å². The molecule has 0 radical (unpaired) electrons. The van der Waals surface area contributed by atoms with Crippen molar-refractivity contribution in [2.24, 2.45) is 11.3 Å². The van der Waals surface area contributed by atoms with E-state index in [1.54, 1.807) is 0 Å². The molecule has 2 nitrogen and oxygen atoms in total. The molecule has 20 heavy (non-hydrogen) atoms. The van der Waals surface area contributed by atoms with E-state index in [0.717, 1.165) is 13.0 Å². The summed E-state index contributed by atoms with van der Waals surface area (Å²) in [5.74, 6) is 0.683. The molecule has 3 rings (SSSR count). The Hall–Kier alpha value is -1.02. The Morgan fingerprint density at radius 2 is 2.15 bits per heavy atom. The second-order valence-corrected chi connectivity index (χ2v) is 7.00. The SMILES string of the molecule is CCc1cccc(C)c1NC1C2CCCOC2C1(C)C. The quantitative estimate of drug-likeness (QED) is 0.892. The van der Waals surface area contributed by atoms with Gasteiger partial charge in [0.2, 0.25) is 0 Å². The summed E-state index contributed by atoms with van der Waals surface area (Å²) in [6.45, 7) is 10.1. The van der Waals surface area contributed by atoms with Crippen LogP contribution in [0.5, 0.6) is 0 Å². The van der Waals surface area contributed by atoms with Crippen LogP contribution < -0.4 is 5.32 Å². The van der Waals surface area contributed by atoms with E-state index in [1.165, 1.54) is 29.7 Å². The fourth-order valence-corrected chi connectivity index (χ4v) is 4.20. The summed E-state index contributed by atoms with van der Waals surface area (Å²) >= 11 is 0. The summed E-state index contributed by atoms with van der Waals surface area (Å²) in [5.41, 5.74) is 4.39. The molecule has 1 aromatic carbocycles. The number of ether oxygens (including phenoxy) is 1. The molecular weight excluding hydrogens is 246 g/mol. The molecule has 1 aromatic rings. The highest BCUT2D eigenvalue weighted by Crippen LogP contribution is 2.52. The van der Waals surface area contributed by atoms with E-state index < -0.39 is 0 Å². The van der Waals surface area contributed by atoms with Gasteiger partial charge in [-0.3, -0.25) is 0 Å². The van der Waals surface area contributed by atoms with Gasteiger partial charge in [-0.2, -0.15) is 0 Å². The first-order valence-corrected chi connectivity index (χ1v) is 8.02. The zero-order valence-electron chi connectivity index (χ0n) is 13.2. The molecule has 1 heterocycles. The minimum Gasteiger partial charge on any atom is -0.381 e. The summed E-state index contributed by atoms with van der Waals surface area (Å²) in [7, 11) is 0. The second-order valence-electron chi connectivity index (χ2n) is 7.00. The topological polar surface area (TPSA) is 21.3 Å². The van der Waals surface area contributed by atoms with Gasteiger partial charge in [0, 0.05) is 29.7 Å². The van der Waals surface area contributed by atoms with Crippen LogP contribution in [0.1, 0.15) is 44.7 Å². The van der Waals surface area contributed by atoms with Crippen molar-refractivity contribution >= 4 is 5.69 Å². The summed E-state index contributed by atoms with van der Waals surface area (Å²) in [4.78, 5) is 0. The first-order valence-electron chi connectivity index (χ1n) is 8.02. The second kappa shape index (κ2) is 5.07. The molecule has 1 N–H and O–H groups in total. The Kier molecular flexibility index (Phi) is 3.53. The minimum atomic E-state index is 0.235. The largest absolute Gasteiger partial charge is 0.381 e. The third-order valence-electron chi connectivity index (χ3n) is 5.37. The molecule has 1 aliphatic carbocycles. The van der Waals surface area contributed by atoms with Crippen LogP contribution >= 0.6 is 0 Å². The highest BCUT2D eigenvalue weighted by molar-refractivity contribution is 5.58. The average Bonchev–Trinajstić information content (AvgIpc) is 2.45. The Bertz CT molecular complexity index is 494. The van der Waals surface area contributed by atoms with E-state index >= 15 is 0 Å². The molecule has 110 valence electrons. The van der Waals surface area contributed by atoms with Crippen LogP contribution in [-0.2, 0) is 11.2 Å². The van der Waals surface area contributed by atoms with Gasteiger partial charge in [-0.1, -0.05) is 39.0 Å². The lowest BCUT2D eigenvalue weighted by atomic mass is 9.55. The van der Waals surface area contributed by atoms with Crippen molar-refractivity contribution < 1.29 is 4.74 Å². The maximum Gasteiger partial charge on any atom is 0.0693 e. The third-order valence-corrected chi connectivity index (χ3v) is 5.37. The third kappa shape index (κ3) is 2.05. The monoisotopic (exact) mass is 273 g/mol. The number of fused-ring (bicyclic) bond motifs is 1. The van der Waals surface area contributed by atoms with Crippen LogP contribution in [0.4, 0.5) is 5.69 Å². The smallest absolute Gasteiger partial charge is 0.0693 e. The van der Waals surface area contributed by atoms with Crippen molar-refractivity contribution in [2.75, 3.05) is 11.9 Å². The van der Waals surface area contributed by atoms with Gasteiger partial charge < -0.3 is 10.1 Å². The molecule has 3 atom stereocenters. The molecular formula is C18H27NO. The normalized spacial score (nSPS) is 31.3. The van der Waals surface area contributed by atoms with Crippen molar-refractivity contribution in [3.63, 3.8) is 0 Å². The van der Waals surface area contributed by atoms with Crippen LogP contribution in [0.3, 0.4) is 0 Å². The number of hydrogen-bond donors (Lipinski definition) is 1. The molecule has 2 fully saturated rings. The lowest BCUT2D eigenvalue weighted by Gasteiger charge is -2.60. The zero-order chi connectivity index (χ0) is 14.3. The van der Waals surface area contributed by atoms with Crippen LogP contribution in [0, 0.1) is 18.3 Å². The fourth-order valence-electron chi connectivity index (χ4n) is 4.20. The molecule has 2 heteroatoms. The van der Waals surface area contributed by atoms with Crippen LogP contribution in [0.15, 0.2) is 18.2 Å². The summed E-state index contributed by atoms with van der Waals surface area (Å²) in [6.07, 6.45) is 4.05. The number of benzene rings is 1. The summed E-state index contributed by atoms with van der Waals surface area (Å²) in [6, 6.07) is 7.16. The van der Waals surface area contributed by atoms with Crippen LogP contribution in [0.25, 0.3) is 0 Å². The fraction of sp³-hybridized carbons (Fsp3) is 0.667. The number of anilines is 1. The number of rotatable bonds is 3. The number of aryl methyl sites for hydroxylation is 2. The van der Waals surface area contributed by atoms with Gasteiger partial charge in [-0.25, -0.2) is 0 Å². The zero-order valence-corrected chi connectivity index (χ0v) is 13.2. The van der Waals surface area contributed by atoms with Crippen molar-refractivity contribution in [2.45, 2.75) is 59.1 Å². The number of para-hydroxylation sites is 1. The number of nitrogens with one attached hydrogen (secondary N) is 1. The van der Waals surface area contributed by atoms with Gasteiger partial charge >= 0.3 is 0 Å². The number of hydrogen-bond acceptors (Lipinski definition) is 2. The molecule has 0 spiro atoms. The van der Waals surface area contributed by atoms with Gasteiger partial charge in [-0.15, -0.1) is 0 Å². The Morgan fingerprint density at radius 3 is 2.90 bits per heavy atom. The minimum absolute atomic E-state index is 0.235. The predicted octanol–water partition coefficient (Wildman–Crippen LogP) is 4.17. The van der Waals surface area contributed by atoms with Crippen LogP contribution in [0.2, 0.25) is 0 Å². The Morgan fingerprint density at radius 1 is 1.35 bits per heavy atom. The Balaban J connectivity index is 1.84. The first-order chi connectivity index (χ1) is 9.55. The Labute approximate surface area is 122 Å². The van der Waals surface area contributed by atoms with E-state index in [9.17, 15) is 0 Å². The predicted molar refractivity (Wildman–Crippen MR) is 84.2 cm³/mol. The van der Waals surface area contributed by atoms with Crippen molar-refractivity contribution in [3.8, 4) is 0 Å². The maximum atomic E-state index is 6.01. The first kappa shape index (κ1) is 13.9. The molecule has 1 aliphatic heterocycles. The molecule has 0 bridgehead atoms. The van der Waals surface area contributed by atoms with Gasteiger partial charge in [0.05, 0.1) is 6.10 Å². The van der Waals surface area contributed by atoms with E-state index in [1.807, 2.05) is 0 Å². The van der Waals surface area contributed by atoms with Crippen molar-refractivity contribution in [3.05, 3.63) is 29.3 Å². The molecule has 3 unspecified atom stereocenters. The van der Waals surface area contributed by atoms with E-state index in [4.69, 9.17) is 4.74 Å². The summed E-state index contributed by atoms with van der Waals surface area (Å²) in [5, 5.41) is 3.88. The van der Waals surface area contributed by atoms with E-state index in [-0.39, 0.29) is 5.41 Å². The van der Waals surface area contributed by atoms with Crippen molar-refractivity contribution in [1.82, 2.24) is 0 Å². The van der Waals surface area contributed by atoms with Gasteiger partial charge in [-0.05, 0) is 37.3 Å². The van der Waals surface area contributed by atoms with E-state index in [2.05, 4.69) is 51.2 Å². The van der Waals surface area contributed by atoms with Gasteiger partial charge in [0.25, 0.3) is 0 Å². The summed E-state index contributed by atoms with van der Waals surface area (Å²) < 4.78 is 6.01. The molecule has 0 amide bonds. The van der Waals surface area contributed by atoms with Gasteiger partial charge in [0.1, 0.15) is 0 Å². The molecule has 1 saturated heterocycles. The highest BCUT2D eigenvalue weighted by atomic mass is 16.5. The average molecular weight is 273 g/mol. The van der Waals surface area contributed by atoms with Gasteiger partial charge in [0.15, 0.2) is 0 Å².